The Hall–Kier alpha value is -0.960. The molecule has 128 valence electrons. The van der Waals surface area contributed by atoms with E-state index in [0.717, 1.165) is 5.56 Å². The smallest absolute Gasteiger partial charge is 0.244 e. The molecular weight excluding hydrogens is 338 g/mol. The number of hydrogen-bond donors (Lipinski definition) is 0. The Morgan fingerprint density at radius 3 is 2.35 bits per heavy atom. The van der Waals surface area contributed by atoms with Crippen LogP contribution in [0, 0.1) is 20.8 Å². The van der Waals surface area contributed by atoms with Crippen molar-refractivity contribution in [3.8, 4) is 0 Å². The number of morpholine rings is 1. The van der Waals surface area contributed by atoms with Crippen LogP contribution in [0.4, 0.5) is 0 Å². The second-order valence-corrected chi connectivity index (χ2v) is 10.4. The second kappa shape index (κ2) is 5.54. The molecule has 0 aliphatic carbocycles. The quantitative estimate of drug-likeness (QED) is 0.780. The standard InChI is InChI=1S/C15H21NO5S2/c1-10-6-11(2)15(12(3)7-10)23(19,20)16-4-5-21-14-9-22(17,18)8-13(14)16/h6-7,13-14H,4-5,8-9H2,1-3H3. The van der Waals surface area contributed by atoms with Crippen LogP contribution in [0.1, 0.15) is 16.7 Å². The van der Waals surface area contributed by atoms with Crippen LogP contribution in [0.2, 0.25) is 0 Å². The average molecular weight is 359 g/mol. The van der Waals surface area contributed by atoms with Gasteiger partial charge in [0.05, 0.1) is 35.2 Å². The molecule has 0 aromatic heterocycles. The van der Waals surface area contributed by atoms with Gasteiger partial charge in [-0.3, -0.25) is 0 Å². The molecule has 3 rings (SSSR count). The van der Waals surface area contributed by atoms with Crippen LogP contribution in [0.25, 0.3) is 0 Å². The van der Waals surface area contributed by atoms with Crippen LogP contribution < -0.4 is 0 Å². The highest BCUT2D eigenvalue weighted by Gasteiger charge is 2.48. The van der Waals surface area contributed by atoms with Crippen LogP contribution >= 0.6 is 0 Å². The Morgan fingerprint density at radius 1 is 1.13 bits per heavy atom. The summed E-state index contributed by atoms with van der Waals surface area (Å²) in [5, 5.41) is 0. The fourth-order valence-corrected chi connectivity index (χ4v) is 7.69. The molecule has 2 fully saturated rings. The third-order valence-corrected chi connectivity index (χ3v) is 8.37. The zero-order chi connectivity index (χ0) is 17.0. The van der Waals surface area contributed by atoms with E-state index in [0.29, 0.717) is 11.1 Å². The van der Waals surface area contributed by atoms with Crippen LogP contribution in [0.5, 0.6) is 0 Å². The molecule has 0 bridgehead atoms. The van der Waals surface area contributed by atoms with Gasteiger partial charge in [-0.05, 0) is 31.9 Å². The molecule has 6 nitrogen and oxygen atoms in total. The Balaban J connectivity index is 2.07. The fourth-order valence-electron chi connectivity index (χ4n) is 3.67. The van der Waals surface area contributed by atoms with Gasteiger partial charge in [0, 0.05) is 6.54 Å². The minimum atomic E-state index is -3.76. The van der Waals surface area contributed by atoms with Crippen molar-refractivity contribution in [1.29, 1.82) is 0 Å². The number of benzene rings is 1. The predicted molar refractivity (Wildman–Crippen MR) is 86.7 cm³/mol. The SMILES string of the molecule is Cc1cc(C)c(S(=O)(=O)N2CCOC3CS(=O)(=O)CC32)c(C)c1. The topological polar surface area (TPSA) is 80.8 Å². The highest BCUT2D eigenvalue weighted by molar-refractivity contribution is 7.92. The molecule has 1 aromatic rings. The molecule has 0 saturated carbocycles. The molecule has 23 heavy (non-hydrogen) atoms. The molecule has 2 aliphatic rings. The highest BCUT2D eigenvalue weighted by Crippen LogP contribution is 2.32. The lowest BCUT2D eigenvalue weighted by Crippen LogP contribution is -2.53. The van der Waals surface area contributed by atoms with Gasteiger partial charge in [0.1, 0.15) is 0 Å². The van der Waals surface area contributed by atoms with Gasteiger partial charge in [0.25, 0.3) is 0 Å². The summed E-state index contributed by atoms with van der Waals surface area (Å²) in [6.07, 6.45) is -0.561. The van der Waals surface area contributed by atoms with E-state index in [4.69, 9.17) is 4.74 Å². The van der Waals surface area contributed by atoms with E-state index in [1.54, 1.807) is 13.8 Å². The Labute approximate surface area is 137 Å². The molecule has 0 radical (unpaired) electrons. The van der Waals surface area contributed by atoms with Gasteiger partial charge in [0.2, 0.25) is 10.0 Å². The zero-order valence-corrected chi connectivity index (χ0v) is 15.1. The second-order valence-electron chi connectivity index (χ2n) is 6.40. The number of sulfonamides is 1. The zero-order valence-electron chi connectivity index (χ0n) is 13.4. The van der Waals surface area contributed by atoms with Gasteiger partial charge in [-0.1, -0.05) is 17.7 Å². The maximum Gasteiger partial charge on any atom is 0.244 e. The number of sulfone groups is 1. The molecule has 0 amide bonds. The predicted octanol–water partition coefficient (Wildman–Crippen LogP) is 0.798. The maximum absolute atomic E-state index is 13.2. The van der Waals surface area contributed by atoms with E-state index in [1.165, 1.54) is 4.31 Å². The van der Waals surface area contributed by atoms with Crippen molar-refractivity contribution in [1.82, 2.24) is 4.31 Å². The lowest BCUT2D eigenvalue weighted by molar-refractivity contribution is -0.0142. The summed E-state index contributed by atoms with van der Waals surface area (Å²) >= 11 is 0. The van der Waals surface area contributed by atoms with Gasteiger partial charge < -0.3 is 4.74 Å². The normalized spacial score (nSPS) is 27.8. The van der Waals surface area contributed by atoms with Gasteiger partial charge in [-0.25, -0.2) is 16.8 Å². The third-order valence-electron chi connectivity index (χ3n) is 4.46. The first-order valence-electron chi connectivity index (χ1n) is 7.53. The molecule has 0 N–H and O–H groups in total. The molecule has 1 aromatic carbocycles. The number of hydrogen-bond acceptors (Lipinski definition) is 5. The van der Waals surface area contributed by atoms with E-state index >= 15 is 0 Å². The highest BCUT2D eigenvalue weighted by atomic mass is 32.2. The Kier molecular flexibility index (Phi) is 4.07. The van der Waals surface area contributed by atoms with Crippen molar-refractivity contribution >= 4 is 19.9 Å². The molecular formula is C15H21NO5S2. The van der Waals surface area contributed by atoms with Crippen molar-refractivity contribution in [3.63, 3.8) is 0 Å². The number of nitrogens with zero attached hydrogens (tertiary/aromatic N) is 1. The summed E-state index contributed by atoms with van der Waals surface area (Å²) in [5.74, 6) is -0.267. The van der Waals surface area contributed by atoms with E-state index in [1.807, 2.05) is 19.1 Å². The lowest BCUT2D eigenvalue weighted by Gasteiger charge is -2.36. The molecule has 2 unspecified atom stereocenters. The van der Waals surface area contributed by atoms with Crippen molar-refractivity contribution in [2.75, 3.05) is 24.7 Å². The van der Waals surface area contributed by atoms with E-state index in [2.05, 4.69) is 0 Å². The van der Waals surface area contributed by atoms with Gasteiger partial charge >= 0.3 is 0 Å². The summed E-state index contributed by atoms with van der Waals surface area (Å²) < 4.78 is 56.9. The first kappa shape index (κ1) is 16.9. The Morgan fingerprint density at radius 2 is 1.74 bits per heavy atom. The number of aryl methyl sites for hydroxylation is 3. The van der Waals surface area contributed by atoms with Crippen molar-refractivity contribution in [3.05, 3.63) is 28.8 Å². The van der Waals surface area contributed by atoms with Crippen molar-refractivity contribution < 1.29 is 21.6 Å². The Bertz CT molecular complexity index is 822. The van der Waals surface area contributed by atoms with E-state index < -0.39 is 32.0 Å². The summed E-state index contributed by atoms with van der Waals surface area (Å²) in [4.78, 5) is 0.285. The van der Waals surface area contributed by atoms with Gasteiger partial charge in [-0.15, -0.1) is 0 Å². The minimum Gasteiger partial charge on any atom is -0.374 e. The van der Waals surface area contributed by atoms with Crippen LogP contribution in [-0.4, -0.2) is 57.9 Å². The molecule has 2 aliphatic heterocycles. The number of rotatable bonds is 2. The van der Waals surface area contributed by atoms with Crippen LogP contribution in [0.3, 0.4) is 0 Å². The molecule has 2 heterocycles. The third kappa shape index (κ3) is 2.93. The molecule has 2 saturated heterocycles. The van der Waals surface area contributed by atoms with E-state index in [9.17, 15) is 16.8 Å². The average Bonchev–Trinajstić information content (AvgIpc) is 2.69. The summed E-state index contributed by atoms with van der Waals surface area (Å²) in [6.45, 7) is 5.88. The number of ether oxygens (including phenoxy) is 1. The summed E-state index contributed by atoms with van der Waals surface area (Å²) in [5.41, 5.74) is 2.38. The first-order chi connectivity index (χ1) is 10.6. The fraction of sp³-hybridized carbons (Fsp3) is 0.600. The summed E-state index contributed by atoms with van der Waals surface area (Å²) in [6, 6.07) is 3.05. The first-order valence-corrected chi connectivity index (χ1v) is 10.8. The minimum absolute atomic E-state index is 0.102. The van der Waals surface area contributed by atoms with Crippen molar-refractivity contribution in [2.24, 2.45) is 0 Å². The summed E-state index contributed by atoms with van der Waals surface area (Å²) in [7, 11) is -7.02. The molecule has 0 spiro atoms. The van der Waals surface area contributed by atoms with Gasteiger partial charge in [-0.2, -0.15) is 4.31 Å². The molecule has 2 atom stereocenters. The van der Waals surface area contributed by atoms with Gasteiger partial charge in [0.15, 0.2) is 9.84 Å². The van der Waals surface area contributed by atoms with Crippen LogP contribution in [-0.2, 0) is 24.6 Å². The number of fused-ring (bicyclic) bond motifs is 1. The lowest BCUT2D eigenvalue weighted by atomic mass is 10.1. The largest absolute Gasteiger partial charge is 0.374 e. The monoisotopic (exact) mass is 359 g/mol. The van der Waals surface area contributed by atoms with E-state index in [-0.39, 0.29) is 29.6 Å². The van der Waals surface area contributed by atoms with Crippen molar-refractivity contribution in [2.45, 2.75) is 37.8 Å². The molecule has 8 heteroatoms. The maximum atomic E-state index is 13.2. The van der Waals surface area contributed by atoms with Crippen LogP contribution in [0.15, 0.2) is 17.0 Å².